The second-order valence-electron chi connectivity index (χ2n) is 7.05. The Morgan fingerprint density at radius 3 is 2.00 bits per heavy atom. The van der Waals surface area contributed by atoms with Crippen LogP contribution in [0.5, 0.6) is 11.5 Å². The maximum atomic E-state index is 10.3. The number of nitrogens with one attached hydrogen (secondary N) is 1. The van der Waals surface area contributed by atoms with Crippen molar-refractivity contribution >= 4 is 39.9 Å². The van der Waals surface area contributed by atoms with Gasteiger partial charge in [0.2, 0.25) is 0 Å². The van der Waals surface area contributed by atoms with Crippen LogP contribution in [0.15, 0.2) is 89.3 Å². The Bertz CT molecular complexity index is 1490. The SMILES string of the molecule is Oc1ccc2ccccc2c1/C=N\n1cnnc1N/N=C/c1c(O)ccc2ccccc12. The Kier molecular flexibility index (Phi) is 4.93. The molecule has 4 aromatic carbocycles. The molecule has 0 radical (unpaired) electrons. The number of phenolic OH excluding ortho intramolecular Hbond substituents is 2. The smallest absolute Gasteiger partial charge is 0.265 e. The molecule has 0 aliphatic carbocycles. The molecule has 8 nitrogen and oxygen atoms in total. The lowest BCUT2D eigenvalue weighted by Gasteiger charge is -2.05. The molecule has 1 aromatic heterocycles. The number of phenols is 2. The van der Waals surface area contributed by atoms with Gasteiger partial charge in [0.05, 0.1) is 12.4 Å². The average Bonchev–Trinajstić information content (AvgIpc) is 3.27. The number of fused-ring (bicyclic) bond motifs is 2. The summed E-state index contributed by atoms with van der Waals surface area (Å²) in [6.07, 6.45) is 4.50. The van der Waals surface area contributed by atoms with Crippen molar-refractivity contribution in [2.24, 2.45) is 10.2 Å². The highest BCUT2D eigenvalue weighted by Crippen LogP contribution is 2.26. The molecule has 32 heavy (non-hydrogen) atoms. The van der Waals surface area contributed by atoms with Crippen molar-refractivity contribution in [1.82, 2.24) is 14.9 Å². The zero-order valence-corrected chi connectivity index (χ0v) is 16.8. The molecule has 5 rings (SSSR count). The van der Waals surface area contributed by atoms with Gasteiger partial charge in [0.25, 0.3) is 5.95 Å². The fourth-order valence-electron chi connectivity index (χ4n) is 3.50. The number of rotatable bonds is 5. The van der Waals surface area contributed by atoms with Crippen LogP contribution in [0.4, 0.5) is 5.95 Å². The van der Waals surface area contributed by atoms with E-state index in [0.29, 0.717) is 11.1 Å². The average molecular weight is 422 g/mol. The van der Waals surface area contributed by atoms with E-state index in [9.17, 15) is 10.2 Å². The zero-order chi connectivity index (χ0) is 21.9. The molecular formula is C24H18N6O2. The van der Waals surface area contributed by atoms with Crippen LogP contribution in [-0.2, 0) is 0 Å². The molecule has 3 N–H and O–H groups in total. The van der Waals surface area contributed by atoms with Crippen LogP contribution in [0.3, 0.4) is 0 Å². The molecule has 0 amide bonds. The summed E-state index contributed by atoms with van der Waals surface area (Å²) in [6.45, 7) is 0. The minimum Gasteiger partial charge on any atom is -0.507 e. The first-order chi connectivity index (χ1) is 15.7. The number of aromatic hydroxyl groups is 2. The van der Waals surface area contributed by atoms with Crippen LogP contribution in [-0.4, -0.2) is 37.5 Å². The summed E-state index contributed by atoms with van der Waals surface area (Å²) in [5, 5.41) is 40.7. The van der Waals surface area contributed by atoms with Gasteiger partial charge in [0.15, 0.2) is 0 Å². The Morgan fingerprint density at radius 2 is 1.34 bits per heavy atom. The maximum absolute atomic E-state index is 10.3. The van der Waals surface area contributed by atoms with Gasteiger partial charge in [-0.1, -0.05) is 60.7 Å². The maximum Gasteiger partial charge on any atom is 0.265 e. The minimum absolute atomic E-state index is 0.125. The zero-order valence-electron chi connectivity index (χ0n) is 16.8. The van der Waals surface area contributed by atoms with Gasteiger partial charge in [-0.25, -0.2) is 5.43 Å². The molecule has 0 bridgehead atoms. The van der Waals surface area contributed by atoms with Crippen LogP contribution in [0.2, 0.25) is 0 Å². The molecule has 0 saturated heterocycles. The van der Waals surface area contributed by atoms with Crippen LogP contribution in [0.1, 0.15) is 11.1 Å². The molecule has 0 saturated carbocycles. The molecule has 0 spiro atoms. The summed E-state index contributed by atoms with van der Waals surface area (Å²) >= 11 is 0. The third-order valence-electron chi connectivity index (χ3n) is 5.10. The quantitative estimate of drug-likeness (QED) is 0.289. The number of hydrogen-bond acceptors (Lipinski definition) is 7. The lowest BCUT2D eigenvalue weighted by atomic mass is 10.0. The Balaban J connectivity index is 1.41. The summed E-state index contributed by atoms with van der Waals surface area (Å²) in [6, 6.07) is 22.4. The van der Waals surface area contributed by atoms with Gasteiger partial charge in [-0.15, -0.1) is 10.2 Å². The molecule has 0 aliphatic rings. The second kappa shape index (κ2) is 8.19. The summed E-state index contributed by atoms with van der Waals surface area (Å²) in [5.41, 5.74) is 3.97. The Hall–Kier alpha value is -4.72. The topological polar surface area (TPSA) is 108 Å². The molecule has 1 heterocycles. The first-order valence-electron chi connectivity index (χ1n) is 9.85. The summed E-state index contributed by atoms with van der Waals surface area (Å²) in [7, 11) is 0. The normalized spacial score (nSPS) is 11.8. The summed E-state index contributed by atoms with van der Waals surface area (Å²) in [5.74, 6) is 0.525. The first kappa shape index (κ1) is 19.3. The van der Waals surface area contributed by atoms with Gasteiger partial charge < -0.3 is 10.2 Å². The highest BCUT2D eigenvalue weighted by molar-refractivity contribution is 6.03. The van der Waals surface area contributed by atoms with E-state index in [1.54, 1.807) is 18.3 Å². The second-order valence-corrected chi connectivity index (χ2v) is 7.05. The number of aromatic nitrogens is 3. The van der Waals surface area contributed by atoms with Gasteiger partial charge in [-0.2, -0.15) is 14.9 Å². The van der Waals surface area contributed by atoms with E-state index in [-0.39, 0.29) is 17.4 Å². The van der Waals surface area contributed by atoms with Crippen molar-refractivity contribution in [2.75, 3.05) is 5.43 Å². The standard InChI is InChI=1S/C24H18N6O2/c31-22-11-9-16-5-1-3-7-18(16)20(22)13-25-28-24-29-26-15-30(24)27-14-21-19-8-4-2-6-17(19)10-12-23(21)32/h1-15,31-32H,(H,28,29)/b25-13+,27-14-. The molecule has 0 atom stereocenters. The van der Waals surface area contributed by atoms with E-state index in [1.165, 1.54) is 17.2 Å². The van der Waals surface area contributed by atoms with Crippen molar-refractivity contribution in [3.05, 3.63) is 90.3 Å². The van der Waals surface area contributed by atoms with E-state index in [0.717, 1.165) is 21.5 Å². The van der Waals surface area contributed by atoms with Gasteiger partial charge in [-0.05, 0) is 33.7 Å². The fourth-order valence-corrected chi connectivity index (χ4v) is 3.50. The van der Waals surface area contributed by atoms with Crippen LogP contribution < -0.4 is 5.43 Å². The number of nitrogens with zero attached hydrogens (tertiary/aromatic N) is 5. The number of hydrazone groups is 1. The van der Waals surface area contributed by atoms with Crippen LogP contribution in [0.25, 0.3) is 21.5 Å². The lowest BCUT2D eigenvalue weighted by molar-refractivity contribution is 0.475. The van der Waals surface area contributed by atoms with Crippen molar-refractivity contribution in [1.29, 1.82) is 0 Å². The summed E-state index contributed by atoms with van der Waals surface area (Å²) in [4.78, 5) is 0. The minimum atomic E-state index is 0.125. The third kappa shape index (κ3) is 3.61. The monoisotopic (exact) mass is 422 g/mol. The fraction of sp³-hybridized carbons (Fsp3) is 0. The Labute approximate surface area is 182 Å². The van der Waals surface area contributed by atoms with Crippen LogP contribution >= 0.6 is 0 Å². The third-order valence-corrected chi connectivity index (χ3v) is 5.10. The highest BCUT2D eigenvalue weighted by Gasteiger charge is 2.07. The lowest BCUT2D eigenvalue weighted by Crippen LogP contribution is -2.00. The molecule has 0 unspecified atom stereocenters. The molecule has 0 aliphatic heterocycles. The first-order valence-corrected chi connectivity index (χ1v) is 9.85. The number of hydrogen-bond donors (Lipinski definition) is 3. The highest BCUT2D eigenvalue weighted by atomic mass is 16.3. The van der Waals surface area contributed by atoms with E-state index < -0.39 is 0 Å². The number of benzene rings is 4. The van der Waals surface area contributed by atoms with E-state index in [2.05, 4.69) is 25.8 Å². The van der Waals surface area contributed by atoms with Crippen LogP contribution in [0, 0.1) is 0 Å². The molecule has 8 heteroatoms. The molecule has 0 fully saturated rings. The van der Waals surface area contributed by atoms with E-state index >= 15 is 0 Å². The van der Waals surface area contributed by atoms with Gasteiger partial charge in [-0.3, -0.25) is 0 Å². The van der Waals surface area contributed by atoms with Crippen molar-refractivity contribution in [3.8, 4) is 11.5 Å². The number of anilines is 1. The largest absolute Gasteiger partial charge is 0.507 e. The summed E-state index contributed by atoms with van der Waals surface area (Å²) < 4.78 is 1.40. The van der Waals surface area contributed by atoms with Crippen molar-refractivity contribution in [3.63, 3.8) is 0 Å². The molecular weight excluding hydrogens is 404 g/mol. The van der Waals surface area contributed by atoms with Crippen molar-refractivity contribution < 1.29 is 10.2 Å². The van der Waals surface area contributed by atoms with Gasteiger partial charge in [0.1, 0.15) is 17.8 Å². The van der Waals surface area contributed by atoms with E-state index in [4.69, 9.17) is 0 Å². The predicted octanol–water partition coefficient (Wildman–Crippen LogP) is 4.32. The van der Waals surface area contributed by atoms with Gasteiger partial charge >= 0.3 is 0 Å². The molecule has 5 aromatic rings. The van der Waals surface area contributed by atoms with Gasteiger partial charge in [0, 0.05) is 11.1 Å². The van der Waals surface area contributed by atoms with E-state index in [1.807, 2.05) is 60.7 Å². The predicted molar refractivity (Wildman–Crippen MR) is 125 cm³/mol. The Morgan fingerprint density at radius 1 is 0.750 bits per heavy atom. The molecule has 156 valence electrons. The van der Waals surface area contributed by atoms with Crippen molar-refractivity contribution in [2.45, 2.75) is 0 Å².